The molecular formula is C14H28N+. The van der Waals surface area contributed by atoms with Gasteiger partial charge in [0.15, 0.2) is 0 Å². The van der Waals surface area contributed by atoms with Crippen molar-refractivity contribution in [1.82, 2.24) is 0 Å². The molecule has 88 valence electrons. The van der Waals surface area contributed by atoms with E-state index in [0.29, 0.717) is 0 Å². The summed E-state index contributed by atoms with van der Waals surface area (Å²) in [6.45, 7) is 8.27. The quantitative estimate of drug-likeness (QED) is 0.625. The summed E-state index contributed by atoms with van der Waals surface area (Å²) in [7, 11) is 0. The van der Waals surface area contributed by atoms with Crippen molar-refractivity contribution in [1.29, 1.82) is 0 Å². The zero-order chi connectivity index (χ0) is 10.6. The van der Waals surface area contributed by atoms with Crippen molar-refractivity contribution in [2.24, 2.45) is 5.92 Å². The first-order chi connectivity index (χ1) is 7.35. The van der Waals surface area contributed by atoms with Crippen molar-refractivity contribution in [2.45, 2.75) is 58.3 Å². The molecule has 1 aliphatic heterocycles. The SMILES string of the molecule is CC[N+]1(CC2CCC2)CCCCCCC1. The standard InChI is InChI=1S/C14H28N/c1-2-15(13-14-9-8-10-14)11-6-4-3-5-7-12-15/h14H,2-13H2,1H3/q+1. The fourth-order valence-corrected chi connectivity index (χ4v) is 3.39. The van der Waals surface area contributed by atoms with Gasteiger partial charge in [-0.05, 0) is 45.4 Å². The average Bonchev–Trinajstić information content (AvgIpc) is 2.15. The molecule has 1 heterocycles. The highest BCUT2D eigenvalue weighted by atomic mass is 15.3. The highest BCUT2D eigenvalue weighted by Gasteiger charge is 2.32. The zero-order valence-corrected chi connectivity index (χ0v) is 10.5. The van der Waals surface area contributed by atoms with Crippen LogP contribution in [0.1, 0.15) is 58.3 Å². The third kappa shape index (κ3) is 2.96. The van der Waals surface area contributed by atoms with Crippen molar-refractivity contribution in [3.8, 4) is 0 Å². The van der Waals surface area contributed by atoms with Crippen LogP contribution in [0.25, 0.3) is 0 Å². The second-order valence-electron chi connectivity index (χ2n) is 5.85. The van der Waals surface area contributed by atoms with Crippen LogP contribution in [-0.2, 0) is 0 Å². The van der Waals surface area contributed by atoms with Crippen LogP contribution in [0.15, 0.2) is 0 Å². The molecule has 2 rings (SSSR count). The lowest BCUT2D eigenvalue weighted by Crippen LogP contribution is -2.53. The normalized spacial score (nSPS) is 27.8. The molecule has 0 N–H and O–H groups in total. The number of quaternary nitrogens is 1. The molecule has 1 aliphatic carbocycles. The summed E-state index contributed by atoms with van der Waals surface area (Å²) >= 11 is 0. The van der Waals surface area contributed by atoms with Gasteiger partial charge >= 0.3 is 0 Å². The zero-order valence-electron chi connectivity index (χ0n) is 10.5. The molecule has 0 atom stereocenters. The molecule has 0 unspecified atom stereocenters. The molecule has 0 aromatic carbocycles. The van der Waals surface area contributed by atoms with E-state index in [2.05, 4.69) is 6.92 Å². The van der Waals surface area contributed by atoms with Gasteiger partial charge in [0.05, 0.1) is 26.2 Å². The van der Waals surface area contributed by atoms with Gasteiger partial charge in [-0.25, -0.2) is 0 Å². The number of rotatable bonds is 3. The van der Waals surface area contributed by atoms with E-state index in [1.54, 1.807) is 0 Å². The summed E-state index contributed by atoms with van der Waals surface area (Å²) in [5.74, 6) is 1.09. The number of hydrogen-bond donors (Lipinski definition) is 0. The van der Waals surface area contributed by atoms with E-state index in [0.717, 1.165) is 5.92 Å². The molecule has 1 saturated carbocycles. The van der Waals surface area contributed by atoms with E-state index < -0.39 is 0 Å². The molecule has 1 saturated heterocycles. The minimum absolute atomic E-state index is 1.09. The van der Waals surface area contributed by atoms with Gasteiger partial charge in [-0.2, -0.15) is 0 Å². The van der Waals surface area contributed by atoms with Crippen molar-refractivity contribution in [2.75, 3.05) is 26.2 Å². The van der Waals surface area contributed by atoms with Crippen LogP contribution in [-0.4, -0.2) is 30.7 Å². The summed E-state index contributed by atoms with van der Waals surface area (Å²) in [6, 6.07) is 0. The van der Waals surface area contributed by atoms with Gasteiger partial charge in [-0.1, -0.05) is 12.8 Å². The van der Waals surface area contributed by atoms with E-state index >= 15 is 0 Å². The molecule has 1 nitrogen and oxygen atoms in total. The second-order valence-corrected chi connectivity index (χ2v) is 5.85. The Morgan fingerprint density at radius 3 is 1.93 bits per heavy atom. The van der Waals surface area contributed by atoms with Crippen molar-refractivity contribution >= 4 is 0 Å². The Labute approximate surface area is 95.4 Å². The van der Waals surface area contributed by atoms with Crippen LogP contribution < -0.4 is 0 Å². The third-order valence-corrected chi connectivity index (χ3v) is 4.81. The van der Waals surface area contributed by atoms with Crippen molar-refractivity contribution in [3.63, 3.8) is 0 Å². The summed E-state index contributed by atoms with van der Waals surface area (Å²) in [6.07, 6.45) is 12.0. The highest BCUT2D eigenvalue weighted by molar-refractivity contribution is 4.70. The van der Waals surface area contributed by atoms with Crippen LogP contribution in [0.4, 0.5) is 0 Å². The summed E-state index contributed by atoms with van der Waals surface area (Å²) in [4.78, 5) is 0. The van der Waals surface area contributed by atoms with Crippen LogP contribution in [0.3, 0.4) is 0 Å². The summed E-state index contributed by atoms with van der Waals surface area (Å²) in [5.41, 5.74) is 0. The van der Waals surface area contributed by atoms with Crippen LogP contribution in [0.5, 0.6) is 0 Å². The van der Waals surface area contributed by atoms with Gasteiger partial charge in [0, 0.05) is 5.92 Å². The maximum atomic E-state index is 2.42. The largest absolute Gasteiger partial charge is 0.324 e. The molecule has 15 heavy (non-hydrogen) atoms. The fraction of sp³-hybridized carbons (Fsp3) is 1.00. The monoisotopic (exact) mass is 210 g/mol. The molecule has 0 bridgehead atoms. The van der Waals surface area contributed by atoms with Gasteiger partial charge < -0.3 is 4.48 Å². The van der Waals surface area contributed by atoms with E-state index in [-0.39, 0.29) is 0 Å². The predicted molar refractivity (Wildman–Crippen MR) is 65.8 cm³/mol. The smallest absolute Gasteiger partial charge is 0.0815 e. The van der Waals surface area contributed by atoms with Gasteiger partial charge in [0.2, 0.25) is 0 Å². The maximum absolute atomic E-state index is 2.42. The molecule has 2 fully saturated rings. The van der Waals surface area contributed by atoms with E-state index in [4.69, 9.17) is 0 Å². The molecule has 1 heteroatoms. The highest BCUT2D eigenvalue weighted by Crippen LogP contribution is 2.31. The Balaban J connectivity index is 1.89. The van der Waals surface area contributed by atoms with E-state index in [9.17, 15) is 0 Å². The molecule has 2 aliphatic rings. The fourth-order valence-electron chi connectivity index (χ4n) is 3.39. The molecule has 0 amide bonds. The molecule has 0 aromatic heterocycles. The van der Waals surface area contributed by atoms with E-state index in [1.807, 2.05) is 0 Å². The van der Waals surface area contributed by atoms with Crippen LogP contribution >= 0.6 is 0 Å². The Bertz CT molecular complexity index is 176. The number of likely N-dealkylation sites (tertiary alicyclic amines) is 1. The van der Waals surface area contributed by atoms with Gasteiger partial charge in [-0.15, -0.1) is 0 Å². The molecular weight excluding hydrogens is 182 g/mol. The lowest BCUT2D eigenvalue weighted by molar-refractivity contribution is -0.931. The van der Waals surface area contributed by atoms with Gasteiger partial charge in [0.1, 0.15) is 0 Å². The Morgan fingerprint density at radius 1 is 0.867 bits per heavy atom. The average molecular weight is 210 g/mol. The molecule has 0 radical (unpaired) electrons. The number of nitrogens with zero attached hydrogens (tertiary/aromatic N) is 1. The lowest BCUT2D eigenvalue weighted by atomic mass is 9.84. The van der Waals surface area contributed by atoms with Crippen molar-refractivity contribution in [3.05, 3.63) is 0 Å². The third-order valence-electron chi connectivity index (χ3n) is 4.81. The minimum Gasteiger partial charge on any atom is -0.324 e. The van der Waals surface area contributed by atoms with Gasteiger partial charge in [-0.3, -0.25) is 0 Å². The van der Waals surface area contributed by atoms with Crippen LogP contribution in [0, 0.1) is 5.92 Å². The first-order valence-electron chi connectivity index (χ1n) is 7.20. The van der Waals surface area contributed by atoms with E-state index in [1.165, 1.54) is 82.0 Å². The Kier molecular flexibility index (Phi) is 4.07. The Morgan fingerprint density at radius 2 is 1.47 bits per heavy atom. The van der Waals surface area contributed by atoms with Crippen molar-refractivity contribution < 1.29 is 4.48 Å². The minimum atomic E-state index is 1.09. The Hall–Kier alpha value is -0.0400. The topological polar surface area (TPSA) is 0 Å². The second kappa shape index (κ2) is 5.34. The lowest BCUT2D eigenvalue weighted by Gasteiger charge is -2.43. The van der Waals surface area contributed by atoms with Gasteiger partial charge in [0.25, 0.3) is 0 Å². The summed E-state index contributed by atoms with van der Waals surface area (Å²) < 4.78 is 1.46. The first-order valence-corrected chi connectivity index (χ1v) is 7.20. The predicted octanol–water partition coefficient (Wildman–Crippen LogP) is 3.59. The summed E-state index contributed by atoms with van der Waals surface area (Å²) in [5, 5.41) is 0. The van der Waals surface area contributed by atoms with Crippen LogP contribution in [0.2, 0.25) is 0 Å². The first kappa shape index (κ1) is 11.4. The maximum Gasteiger partial charge on any atom is 0.0815 e. The molecule has 0 spiro atoms. The molecule has 0 aromatic rings. The number of hydrogen-bond acceptors (Lipinski definition) is 0.